The number of imidazole rings is 1. The molecule has 0 bridgehead atoms. The minimum atomic E-state index is -4.73. The maximum Gasteiger partial charge on any atom is 0.416 e. The van der Waals surface area contributed by atoms with Crippen LogP contribution < -0.4 is 4.90 Å². The molecule has 0 spiro atoms. The van der Waals surface area contributed by atoms with Gasteiger partial charge < -0.3 is 4.90 Å². The SMILES string of the molecule is CN(Cc1nccn1C(F)F)c1ccc(C(F)(F)F)cc1[N+](=O)[O-]. The standard InChI is InChI=1S/C13H11F5N4O2/c1-20(7-11-19-4-5-21(11)12(14)15)9-3-2-8(13(16,17)18)6-10(9)22(23)24/h2-6,12H,7H2,1H3. The van der Waals surface area contributed by atoms with E-state index < -0.39 is 28.9 Å². The van der Waals surface area contributed by atoms with Crippen molar-refractivity contribution < 1.29 is 26.9 Å². The predicted octanol–water partition coefficient (Wildman–Crippen LogP) is 3.84. The van der Waals surface area contributed by atoms with Crippen molar-refractivity contribution >= 4 is 11.4 Å². The van der Waals surface area contributed by atoms with Crippen molar-refractivity contribution in [2.75, 3.05) is 11.9 Å². The van der Waals surface area contributed by atoms with E-state index in [1.165, 1.54) is 11.9 Å². The maximum atomic E-state index is 12.8. The fourth-order valence-electron chi connectivity index (χ4n) is 2.11. The van der Waals surface area contributed by atoms with Gasteiger partial charge in [-0.2, -0.15) is 22.0 Å². The number of nitrogens with zero attached hydrogens (tertiary/aromatic N) is 4. The Morgan fingerprint density at radius 2 is 2.04 bits per heavy atom. The summed E-state index contributed by atoms with van der Waals surface area (Å²) in [6.07, 6.45) is -2.56. The second kappa shape index (κ2) is 6.42. The molecule has 11 heteroatoms. The Labute approximate surface area is 132 Å². The van der Waals surface area contributed by atoms with E-state index in [9.17, 15) is 32.1 Å². The van der Waals surface area contributed by atoms with Gasteiger partial charge in [-0.3, -0.25) is 14.7 Å². The molecule has 0 aliphatic heterocycles. The predicted molar refractivity (Wildman–Crippen MR) is 73.7 cm³/mol. The summed E-state index contributed by atoms with van der Waals surface area (Å²) >= 11 is 0. The van der Waals surface area contributed by atoms with Crippen LogP contribution in [-0.2, 0) is 12.7 Å². The largest absolute Gasteiger partial charge is 0.416 e. The van der Waals surface area contributed by atoms with Gasteiger partial charge in [-0.1, -0.05) is 0 Å². The smallest absolute Gasteiger partial charge is 0.362 e. The number of aromatic nitrogens is 2. The lowest BCUT2D eigenvalue weighted by Gasteiger charge is -2.20. The van der Waals surface area contributed by atoms with E-state index in [2.05, 4.69) is 4.98 Å². The molecule has 0 aliphatic carbocycles. The molecule has 24 heavy (non-hydrogen) atoms. The molecule has 6 nitrogen and oxygen atoms in total. The molecule has 0 unspecified atom stereocenters. The van der Waals surface area contributed by atoms with Crippen molar-refractivity contribution in [3.8, 4) is 0 Å². The van der Waals surface area contributed by atoms with Crippen LogP contribution >= 0.6 is 0 Å². The minimum absolute atomic E-state index is 0.0818. The van der Waals surface area contributed by atoms with Crippen LogP contribution in [-0.4, -0.2) is 21.5 Å². The number of nitro benzene ring substituents is 1. The molecule has 1 aromatic heterocycles. The summed E-state index contributed by atoms with van der Waals surface area (Å²) in [7, 11) is 1.33. The zero-order chi connectivity index (χ0) is 18.1. The summed E-state index contributed by atoms with van der Waals surface area (Å²) in [6, 6.07) is 2.03. The molecular weight excluding hydrogens is 339 g/mol. The Morgan fingerprint density at radius 3 is 2.58 bits per heavy atom. The highest BCUT2D eigenvalue weighted by molar-refractivity contribution is 5.64. The third kappa shape index (κ3) is 3.60. The number of alkyl halides is 5. The van der Waals surface area contributed by atoms with Gasteiger partial charge in [-0.15, -0.1) is 0 Å². The second-order valence-corrected chi connectivity index (χ2v) is 4.84. The zero-order valence-corrected chi connectivity index (χ0v) is 12.2. The lowest BCUT2D eigenvalue weighted by atomic mass is 10.1. The van der Waals surface area contributed by atoms with Crippen LogP contribution in [0.4, 0.5) is 33.3 Å². The number of benzene rings is 1. The molecule has 130 valence electrons. The fraction of sp³-hybridized carbons (Fsp3) is 0.308. The van der Waals surface area contributed by atoms with E-state index in [0.29, 0.717) is 16.7 Å². The van der Waals surface area contributed by atoms with Crippen LogP contribution in [0.5, 0.6) is 0 Å². The van der Waals surface area contributed by atoms with E-state index >= 15 is 0 Å². The molecule has 0 radical (unpaired) electrons. The Kier molecular flexibility index (Phi) is 4.71. The van der Waals surface area contributed by atoms with Crippen LogP contribution in [0.15, 0.2) is 30.6 Å². The van der Waals surface area contributed by atoms with Gasteiger partial charge in [-0.05, 0) is 12.1 Å². The highest BCUT2D eigenvalue weighted by atomic mass is 19.4. The van der Waals surface area contributed by atoms with Crippen molar-refractivity contribution in [3.63, 3.8) is 0 Å². The summed E-state index contributed by atoms with van der Waals surface area (Å²) in [5.41, 5.74) is -2.08. The van der Waals surface area contributed by atoms with Gasteiger partial charge in [0, 0.05) is 25.5 Å². The molecule has 2 aromatic rings. The molecule has 1 heterocycles. The van der Waals surface area contributed by atoms with Crippen molar-refractivity contribution in [1.29, 1.82) is 0 Å². The van der Waals surface area contributed by atoms with E-state index in [4.69, 9.17) is 0 Å². The number of halogens is 5. The summed E-state index contributed by atoms with van der Waals surface area (Å²) in [4.78, 5) is 15.0. The number of anilines is 1. The first-order chi connectivity index (χ1) is 11.1. The first-order valence-electron chi connectivity index (χ1n) is 6.48. The molecule has 0 fully saturated rings. The second-order valence-electron chi connectivity index (χ2n) is 4.84. The van der Waals surface area contributed by atoms with Gasteiger partial charge in [0.15, 0.2) is 0 Å². The van der Waals surface area contributed by atoms with E-state index in [0.717, 1.165) is 18.5 Å². The number of rotatable bonds is 5. The number of nitro groups is 1. The molecule has 0 atom stereocenters. The van der Waals surface area contributed by atoms with Crippen molar-refractivity contribution in [2.24, 2.45) is 0 Å². The van der Waals surface area contributed by atoms with Crippen LogP contribution in [0.2, 0.25) is 0 Å². The maximum absolute atomic E-state index is 12.8. The van der Waals surface area contributed by atoms with E-state index in [-0.39, 0.29) is 18.1 Å². The first-order valence-corrected chi connectivity index (χ1v) is 6.48. The Balaban J connectivity index is 2.36. The van der Waals surface area contributed by atoms with Crippen LogP contribution in [0, 0.1) is 10.1 Å². The molecule has 2 rings (SSSR count). The first kappa shape index (κ1) is 17.6. The fourth-order valence-corrected chi connectivity index (χ4v) is 2.11. The summed E-state index contributed by atoms with van der Waals surface area (Å²) in [5, 5.41) is 11.1. The quantitative estimate of drug-likeness (QED) is 0.467. The van der Waals surface area contributed by atoms with Crippen molar-refractivity contribution in [1.82, 2.24) is 9.55 Å². The molecule has 0 saturated carbocycles. The summed E-state index contributed by atoms with van der Waals surface area (Å²) in [5.74, 6) is -0.0818. The van der Waals surface area contributed by atoms with Crippen molar-refractivity contribution in [2.45, 2.75) is 19.3 Å². The monoisotopic (exact) mass is 350 g/mol. The topological polar surface area (TPSA) is 64.2 Å². The van der Waals surface area contributed by atoms with Crippen LogP contribution in [0.1, 0.15) is 17.9 Å². The lowest BCUT2D eigenvalue weighted by molar-refractivity contribution is -0.384. The Morgan fingerprint density at radius 1 is 1.38 bits per heavy atom. The normalized spacial score (nSPS) is 11.8. The molecular formula is C13H11F5N4O2. The lowest BCUT2D eigenvalue weighted by Crippen LogP contribution is -2.21. The highest BCUT2D eigenvalue weighted by Crippen LogP contribution is 2.36. The number of hydrogen-bond donors (Lipinski definition) is 0. The third-order valence-electron chi connectivity index (χ3n) is 3.25. The zero-order valence-electron chi connectivity index (χ0n) is 12.2. The average molecular weight is 350 g/mol. The van der Waals surface area contributed by atoms with Crippen molar-refractivity contribution in [3.05, 3.63) is 52.1 Å². The van der Waals surface area contributed by atoms with E-state index in [1.807, 2.05) is 0 Å². The average Bonchev–Trinajstić information content (AvgIpc) is 2.93. The Bertz CT molecular complexity index is 744. The van der Waals surface area contributed by atoms with Gasteiger partial charge in [0.25, 0.3) is 5.69 Å². The van der Waals surface area contributed by atoms with Gasteiger partial charge in [-0.25, -0.2) is 4.98 Å². The van der Waals surface area contributed by atoms with Gasteiger partial charge >= 0.3 is 12.7 Å². The third-order valence-corrected chi connectivity index (χ3v) is 3.25. The minimum Gasteiger partial charge on any atom is -0.362 e. The molecule has 0 N–H and O–H groups in total. The highest BCUT2D eigenvalue weighted by Gasteiger charge is 2.33. The van der Waals surface area contributed by atoms with Gasteiger partial charge in [0.05, 0.1) is 17.0 Å². The molecule has 0 saturated heterocycles. The molecule has 0 aliphatic rings. The van der Waals surface area contributed by atoms with Crippen LogP contribution in [0.3, 0.4) is 0 Å². The molecule has 1 aromatic carbocycles. The van der Waals surface area contributed by atoms with Gasteiger partial charge in [0.1, 0.15) is 11.5 Å². The summed E-state index contributed by atoms with van der Waals surface area (Å²) < 4.78 is 64.1. The van der Waals surface area contributed by atoms with E-state index in [1.54, 1.807) is 0 Å². The molecule has 0 amide bonds. The van der Waals surface area contributed by atoms with Gasteiger partial charge in [0.2, 0.25) is 0 Å². The summed E-state index contributed by atoms with van der Waals surface area (Å²) in [6.45, 7) is -3.10. The number of hydrogen-bond acceptors (Lipinski definition) is 4. The van der Waals surface area contributed by atoms with Crippen LogP contribution in [0.25, 0.3) is 0 Å². The Hall–Kier alpha value is -2.72.